The first-order valence-electron chi connectivity index (χ1n) is 11.8. The number of carbonyl (C=O) groups excluding carboxylic acids is 3. The Labute approximate surface area is 209 Å². The summed E-state index contributed by atoms with van der Waals surface area (Å²) in [6.45, 7) is 1.33. The normalized spacial score (nSPS) is 12.6. The number of hydrogen-bond donors (Lipinski definition) is 0. The minimum absolute atomic E-state index is 0.225. The van der Waals surface area contributed by atoms with Gasteiger partial charge >= 0.3 is 0 Å². The molecule has 180 valence electrons. The van der Waals surface area contributed by atoms with Gasteiger partial charge in [0.1, 0.15) is 0 Å². The Hall–Kier alpha value is -4.52. The average Bonchev–Trinajstić information content (AvgIpc) is 3.44. The molecule has 1 aliphatic rings. The van der Waals surface area contributed by atoms with Gasteiger partial charge in [-0.15, -0.1) is 0 Å². The lowest BCUT2D eigenvalue weighted by Gasteiger charge is -2.16. The Bertz CT molecular complexity index is 1410. The van der Waals surface area contributed by atoms with Crippen LogP contribution < -0.4 is 0 Å². The van der Waals surface area contributed by atoms with E-state index in [2.05, 4.69) is 5.10 Å². The lowest BCUT2D eigenvalue weighted by Crippen LogP contribution is -2.31. The topological polar surface area (TPSA) is 75.5 Å². The molecule has 7 nitrogen and oxygen atoms in total. The molecule has 0 N–H and O–H groups in total. The van der Waals surface area contributed by atoms with Crippen molar-refractivity contribution in [1.82, 2.24) is 19.6 Å². The van der Waals surface area contributed by atoms with Crippen molar-refractivity contribution in [2.24, 2.45) is 0 Å². The van der Waals surface area contributed by atoms with E-state index >= 15 is 0 Å². The number of fused-ring (bicyclic) bond motifs is 1. The van der Waals surface area contributed by atoms with E-state index in [0.717, 1.165) is 16.7 Å². The van der Waals surface area contributed by atoms with E-state index in [4.69, 9.17) is 0 Å². The molecule has 0 bridgehead atoms. The highest BCUT2D eigenvalue weighted by atomic mass is 16.2. The van der Waals surface area contributed by atoms with Crippen LogP contribution in [0.2, 0.25) is 0 Å². The first-order chi connectivity index (χ1) is 17.5. The summed E-state index contributed by atoms with van der Waals surface area (Å²) >= 11 is 0. The lowest BCUT2D eigenvalue weighted by molar-refractivity contribution is 0.0655. The number of benzene rings is 3. The number of carbonyl (C=O) groups is 3. The summed E-state index contributed by atoms with van der Waals surface area (Å²) < 4.78 is 1.84. The third-order valence-electron chi connectivity index (χ3n) is 6.33. The van der Waals surface area contributed by atoms with Crippen LogP contribution in [0.1, 0.15) is 47.8 Å². The highest BCUT2D eigenvalue weighted by Crippen LogP contribution is 2.25. The van der Waals surface area contributed by atoms with Crippen LogP contribution in [-0.4, -0.2) is 50.9 Å². The van der Waals surface area contributed by atoms with E-state index in [-0.39, 0.29) is 23.3 Å². The van der Waals surface area contributed by atoms with E-state index in [9.17, 15) is 14.4 Å². The Kier molecular flexibility index (Phi) is 6.45. The highest BCUT2D eigenvalue weighted by Gasteiger charge is 2.35. The molecule has 1 aliphatic heterocycles. The largest absolute Gasteiger partial charge is 0.337 e. The molecule has 0 saturated carbocycles. The Morgan fingerprint density at radius 2 is 1.50 bits per heavy atom. The molecule has 3 amide bonds. The zero-order valence-corrected chi connectivity index (χ0v) is 20.0. The lowest BCUT2D eigenvalue weighted by atomic mass is 10.0. The van der Waals surface area contributed by atoms with Crippen molar-refractivity contribution in [2.75, 3.05) is 13.6 Å². The van der Waals surface area contributed by atoms with Gasteiger partial charge in [0.15, 0.2) is 0 Å². The van der Waals surface area contributed by atoms with Crippen LogP contribution in [0.15, 0.2) is 91.3 Å². The molecule has 0 unspecified atom stereocenters. The van der Waals surface area contributed by atoms with Gasteiger partial charge < -0.3 is 4.90 Å². The van der Waals surface area contributed by atoms with Crippen molar-refractivity contribution in [3.05, 3.63) is 125 Å². The Morgan fingerprint density at radius 3 is 2.22 bits per heavy atom. The second-order valence-electron chi connectivity index (χ2n) is 8.95. The van der Waals surface area contributed by atoms with Crippen LogP contribution in [0, 0.1) is 0 Å². The maximum Gasteiger partial charge on any atom is 0.261 e. The second kappa shape index (κ2) is 10.00. The number of nitrogens with zero attached hydrogens (tertiary/aromatic N) is 4. The highest BCUT2D eigenvalue weighted by molar-refractivity contribution is 6.22. The molecule has 1 aromatic heterocycles. The minimum atomic E-state index is -0.356. The number of imide groups is 1. The molecule has 7 heteroatoms. The molecule has 0 spiro atoms. The van der Waals surface area contributed by atoms with Crippen LogP contribution in [0.5, 0.6) is 0 Å². The molecule has 4 aromatic rings. The van der Waals surface area contributed by atoms with Gasteiger partial charge in [0.25, 0.3) is 17.7 Å². The van der Waals surface area contributed by atoms with Gasteiger partial charge in [-0.2, -0.15) is 5.10 Å². The van der Waals surface area contributed by atoms with Crippen molar-refractivity contribution >= 4 is 17.7 Å². The van der Waals surface area contributed by atoms with Crippen molar-refractivity contribution < 1.29 is 14.4 Å². The molecule has 0 saturated heterocycles. The molecular weight excluding hydrogens is 452 g/mol. The van der Waals surface area contributed by atoms with Crippen LogP contribution >= 0.6 is 0 Å². The number of hydrogen-bond acceptors (Lipinski definition) is 4. The van der Waals surface area contributed by atoms with Gasteiger partial charge in [0.05, 0.1) is 23.9 Å². The van der Waals surface area contributed by atoms with Crippen LogP contribution in [0.3, 0.4) is 0 Å². The molecular formula is C29H26N4O3. The summed E-state index contributed by atoms with van der Waals surface area (Å²) in [5.74, 6) is -0.897. The van der Waals surface area contributed by atoms with E-state index in [1.807, 2.05) is 71.5 Å². The summed E-state index contributed by atoms with van der Waals surface area (Å²) in [6, 6.07) is 24.5. The van der Waals surface area contributed by atoms with Crippen molar-refractivity contribution in [3.8, 4) is 0 Å². The van der Waals surface area contributed by atoms with Crippen LogP contribution in [0.25, 0.3) is 0 Å². The standard InChI is InChI=1S/C29H26N4O3/c1-31(18-23-17-30-32(20-23)19-22-10-6-3-7-11-22)27(34)24-12-13-25-26(16-24)29(36)33(28(25)35)15-14-21-8-4-2-5-9-21/h2-13,16-17,20H,14-15,18-19H2,1H3. The van der Waals surface area contributed by atoms with E-state index < -0.39 is 0 Å². The fourth-order valence-corrected chi connectivity index (χ4v) is 4.42. The number of amides is 3. The van der Waals surface area contributed by atoms with E-state index in [0.29, 0.717) is 37.2 Å². The summed E-state index contributed by atoms with van der Waals surface area (Å²) in [4.78, 5) is 41.8. The summed E-state index contributed by atoms with van der Waals surface area (Å²) in [6.07, 6.45) is 4.26. The zero-order valence-electron chi connectivity index (χ0n) is 20.0. The Balaban J connectivity index is 1.24. The zero-order chi connectivity index (χ0) is 25.1. The van der Waals surface area contributed by atoms with E-state index in [1.165, 1.54) is 11.0 Å². The molecule has 0 radical (unpaired) electrons. The summed E-state index contributed by atoms with van der Waals surface area (Å²) in [5, 5.41) is 4.40. The fraction of sp³-hybridized carbons (Fsp3) is 0.172. The summed E-state index contributed by atoms with van der Waals surface area (Å²) in [7, 11) is 1.71. The number of aromatic nitrogens is 2. The molecule has 5 rings (SSSR count). The second-order valence-corrected chi connectivity index (χ2v) is 8.95. The van der Waals surface area contributed by atoms with Crippen molar-refractivity contribution in [1.29, 1.82) is 0 Å². The van der Waals surface area contributed by atoms with E-state index in [1.54, 1.807) is 30.3 Å². The first kappa shape index (κ1) is 23.2. The van der Waals surface area contributed by atoms with Gasteiger partial charge in [-0.25, -0.2) is 0 Å². The molecule has 0 fully saturated rings. The maximum atomic E-state index is 13.1. The first-order valence-corrected chi connectivity index (χ1v) is 11.8. The van der Waals surface area contributed by atoms with Gasteiger partial charge in [-0.05, 0) is 35.7 Å². The number of rotatable bonds is 8. The van der Waals surface area contributed by atoms with Crippen LogP contribution in [-0.2, 0) is 19.5 Å². The fourth-order valence-electron chi connectivity index (χ4n) is 4.42. The molecule has 2 heterocycles. The molecule has 36 heavy (non-hydrogen) atoms. The minimum Gasteiger partial charge on any atom is -0.337 e. The van der Waals surface area contributed by atoms with Crippen LogP contribution in [0.4, 0.5) is 0 Å². The molecule has 3 aromatic carbocycles. The quantitative estimate of drug-likeness (QED) is 0.358. The SMILES string of the molecule is CN(Cc1cnn(Cc2ccccc2)c1)C(=O)c1ccc2c(c1)C(=O)N(CCc1ccccc1)C2=O. The Morgan fingerprint density at radius 1 is 0.833 bits per heavy atom. The van der Waals surface area contributed by atoms with Gasteiger partial charge in [-0.1, -0.05) is 60.7 Å². The third kappa shape index (κ3) is 4.81. The maximum absolute atomic E-state index is 13.1. The smallest absolute Gasteiger partial charge is 0.261 e. The van der Waals surface area contributed by atoms with Gasteiger partial charge in [0, 0.05) is 37.5 Å². The van der Waals surface area contributed by atoms with Gasteiger partial charge in [-0.3, -0.25) is 24.0 Å². The predicted octanol–water partition coefficient (Wildman–Crippen LogP) is 4.04. The van der Waals surface area contributed by atoms with Gasteiger partial charge in [0.2, 0.25) is 0 Å². The average molecular weight is 479 g/mol. The van der Waals surface area contributed by atoms with Crippen molar-refractivity contribution in [3.63, 3.8) is 0 Å². The predicted molar refractivity (Wildman–Crippen MR) is 136 cm³/mol. The molecule has 0 atom stereocenters. The monoisotopic (exact) mass is 478 g/mol. The summed E-state index contributed by atoms with van der Waals surface area (Å²) in [5.41, 5.74) is 4.10. The molecule has 0 aliphatic carbocycles. The third-order valence-corrected chi connectivity index (χ3v) is 6.33. The van der Waals surface area contributed by atoms with Crippen molar-refractivity contribution in [2.45, 2.75) is 19.5 Å².